The SMILES string of the molecule is Cc1ccc(S(=O)(=O)NC(CN)C2CCCC2)cc1[N+](=O)[O-]. The third kappa shape index (κ3) is 3.63. The van der Waals surface area contributed by atoms with E-state index >= 15 is 0 Å². The van der Waals surface area contributed by atoms with Gasteiger partial charge < -0.3 is 5.73 Å². The Kier molecular flexibility index (Phi) is 5.15. The lowest BCUT2D eigenvalue weighted by Crippen LogP contribution is -2.44. The van der Waals surface area contributed by atoms with Crippen molar-refractivity contribution < 1.29 is 13.3 Å². The number of sulfonamides is 1. The van der Waals surface area contributed by atoms with Crippen LogP contribution in [0.4, 0.5) is 5.69 Å². The number of nitro benzene ring substituents is 1. The summed E-state index contributed by atoms with van der Waals surface area (Å²) in [5, 5.41) is 11.0. The Morgan fingerprint density at radius 3 is 2.59 bits per heavy atom. The average Bonchev–Trinajstić information content (AvgIpc) is 2.98. The number of rotatable bonds is 6. The van der Waals surface area contributed by atoms with Crippen molar-refractivity contribution in [2.75, 3.05) is 6.54 Å². The van der Waals surface area contributed by atoms with Crippen LogP contribution in [0.3, 0.4) is 0 Å². The second kappa shape index (κ2) is 6.72. The first-order chi connectivity index (χ1) is 10.3. The van der Waals surface area contributed by atoms with E-state index in [1.807, 2.05) is 0 Å². The quantitative estimate of drug-likeness (QED) is 0.609. The summed E-state index contributed by atoms with van der Waals surface area (Å²) in [4.78, 5) is 10.3. The van der Waals surface area contributed by atoms with E-state index in [1.165, 1.54) is 12.1 Å². The molecule has 1 aromatic carbocycles. The molecular weight excluding hydrogens is 306 g/mol. The van der Waals surface area contributed by atoms with Gasteiger partial charge in [0.05, 0.1) is 9.82 Å². The summed E-state index contributed by atoms with van der Waals surface area (Å²) in [5.41, 5.74) is 5.93. The lowest BCUT2D eigenvalue weighted by atomic mass is 9.99. The highest BCUT2D eigenvalue weighted by molar-refractivity contribution is 7.89. The van der Waals surface area contributed by atoms with E-state index in [4.69, 9.17) is 5.73 Å². The molecule has 0 saturated heterocycles. The third-order valence-corrected chi connectivity index (χ3v) is 5.70. The number of hydrogen-bond acceptors (Lipinski definition) is 5. The molecule has 0 aliphatic heterocycles. The van der Waals surface area contributed by atoms with E-state index in [-0.39, 0.29) is 29.1 Å². The minimum absolute atomic E-state index is 0.0961. The zero-order valence-corrected chi connectivity index (χ0v) is 13.3. The molecule has 0 radical (unpaired) electrons. The first-order valence-corrected chi connectivity index (χ1v) is 8.81. The van der Waals surface area contributed by atoms with Crippen molar-refractivity contribution in [1.29, 1.82) is 0 Å². The van der Waals surface area contributed by atoms with E-state index < -0.39 is 14.9 Å². The molecule has 0 aromatic heterocycles. The van der Waals surface area contributed by atoms with Crippen LogP contribution in [-0.4, -0.2) is 25.9 Å². The molecule has 0 amide bonds. The fourth-order valence-corrected chi connectivity index (χ4v) is 4.25. The van der Waals surface area contributed by atoms with Gasteiger partial charge in [0.2, 0.25) is 10.0 Å². The smallest absolute Gasteiger partial charge is 0.273 e. The van der Waals surface area contributed by atoms with Crippen LogP contribution in [0.1, 0.15) is 31.2 Å². The molecule has 0 spiro atoms. The lowest BCUT2D eigenvalue weighted by molar-refractivity contribution is -0.385. The number of nitro groups is 1. The minimum atomic E-state index is -3.82. The van der Waals surface area contributed by atoms with E-state index in [2.05, 4.69) is 4.72 Å². The average molecular weight is 327 g/mol. The molecule has 1 aliphatic rings. The molecular formula is C14H21N3O4S. The monoisotopic (exact) mass is 327 g/mol. The molecule has 1 atom stereocenters. The first kappa shape index (κ1) is 16.9. The standard InChI is InChI=1S/C14H21N3O4S/c1-10-6-7-12(8-14(10)17(18)19)22(20,21)16-13(9-15)11-4-2-3-5-11/h6-8,11,13,16H,2-5,9,15H2,1H3. The molecule has 1 unspecified atom stereocenters. The highest BCUT2D eigenvalue weighted by atomic mass is 32.2. The molecule has 0 bridgehead atoms. The Labute approximate surface area is 130 Å². The van der Waals surface area contributed by atoms with Crippen molar-refractivity contribution in [3.8, 4) is 0 Å². The predicted molar refractivity (Wildman–Crippen MR) is 83.0 cm³/mol. The Bertz CT molecular complexity index is 654. The Hall–Kier alpha value is -1.51. The van der Waals surface area contributed by atoms with Gasteiger partial charge in [0.25, 0.3) is 5.69 Å². The largest absolute Gasteiger partial charge is 0.329 e. The molecule has 1 fully saturated rings. The second-order valence-electron chi connectivity index (χ2n) is 5.71. The molecule has 0 heterocycles. The van der Waals surface area contributed by atoms with E-state index in [0.29, 0.717) is 5.56 Å². The zero-order chi connectivity index (χ0) is 16.3. The van der Waals surface area contributed by atoms with Gasteiger partial charge in [-0.05, 0) is 31.7 Å². The van der Waals surface area contributed by atoms with Gasteiger partial charge in [0, 0.05) is 24.2 Å². The maximum Gasteiger partial charge on any atom is 0.273 e. The Balaban J connectivity index is 2.25. The second-order valence-corrected chi connectivity index (χ2v) is 7.43. The van der Waals surface area contributed by atoms with Gasteiger partial charge in [-0.25, -0.2) is 13.1 Å². The van der Waals surface area contributed by atoms with Gasteiger partial charge >= 0.3 is 0 Å². The van der Waals surface area contributed by atoms with Crippen molar-refractivity contribution in [3.05, 3.63) is 33.9 Å². The van der Waals surface area contributed by atoms with Crippen LogP contribution in [0.15, 0.2) is 23.1 Å². The summed E-state index contributed by atoms with van der Waals surface area (Å²) in [6.07, 6.45) is 4.08. The van der Waals surface area contributed by atoms with Crippen LogP contribution in [0.2, 0.25) is 0 Å². The predicted octanol–water partition coefficient (Wildman–Crippen LogP) is 1.70. The summed E-state index contributed by atoms with van der Waals surface area (Å²) in [6.45, 7) is 1.79. The molecule has 122 valence electrons. The Morgan fingerprint density at radius 1 is 1.41 bits per heavy atom. The highest BCUT2D eigenvalue weighted by Crippen LogP contribution is 2.29. The van der Waals surface area contributed by atoms with E-state index in [1.54, 1.807) is 6.92 Å². The van der Waals surface area contributed by atoms with Crippen molar-refractivity contribution >= 4 is 15.7 Å². The van der Waals surface area contributed by atoms with Crippen molar-refractivity contribution in [3.63, 3.8) is 0 Å². The number of nitrogens with one attached hydrogen (secondary N) is 1. The van der Waals surface area contributed by atoms with E-state index in [0.717, 1.165) is 31.7 Å². The third-order valence-electron chi connectivity index (χ3n) is 4.22. The number of nitrogens with two attached hydrogens (primary N) is 1. The molecule has 1 aromatic rings. The summed E-state index contributed by atoms with van der Waals surface area (Å²) in [6, 6.07) is 3.60. The zero-order valence-electron chi connectivity index (χ0n) is 12.5. The van der Waals surface area contributed by atoms with Crippen LogP contribution >= 0.6 is 0 Å². The molecule has 1 aliphatic carbocycles. The van der Waals surface area contributed by atoms with Gasteiger partial charge in [0.15, 0.2) is 0 Å². The number of aryl methyl sites for hydroxylation is 1. The number of nitrogens with zero attached hydrogens (tertiary/aromatic N) is 1. The fraction of sp³-hybridized carbons (Fsp3) is 0.571. The maximum atomic E-state index is 12.5. The lowest BCUT2D eigenvalue weighted by Gasteiger charge is -2.23. The first-order valence-electron chi connectivity index (χ1n) is 7.32. The fourth-order valence-electron chi connectivity index (χ4n) is 2.92. The molecule has 3 N–H and O–H groups in total. The molecule has 1 saturated carbocycles. The van der Waals surface area contributed by atoms with Gasteiger partial charge in [-0.1, -0.05) is 18.9 Å². The van der Waals surface area contributed by atoms with Gasteiger partial charge in [-0.2, -0.15) is 0 Å². The molecule has 8 heteroatoms. The summed E-state index contributed by atoms with van der Waals surface area (Å²) < 4.78 is 27.5. The van der Waals surface area contributed by atoms with Crippen LogP contribution in [0, 0.1) is 23.0 Å². The van der Waals surface area contributed by atoms with Crippen LogP contribution < -0.4 is 10.5 Å². The normalized spacial score (nSPS) is 17.5. The van der Waals surface area contributed by atoms with Crippen LogP contribution in [0.25, 0.3) is 0 Å². The topological polar surface area (TPSA) is 115 Å². The summed E-state index contributed by atoms with van der Waals surface area (Å²) in [7, 11) is -3.82. The van der Waals surface area contributed by atoms with Crippen LogP contribution in [-0.2, 0) is 10.0 Å². The van der Waals surface area contributed by atoms with Gasteiger partial charge in [-0.3, -0.25) is 10.1 Å². The van der Waals surface area contributed by atoms with E-state index in [9.17, 15) is 18.5 Å². The number of hydrogen-bond donors (Lipinski definition) is 2. The van der Waals surface area contributed by atoms with Crippen molar-refractivity contribution in [2.24, 2.45) is 11.7 Å². The van der Waals surface area contributed by atoms with Crippen molar-refractivity contribution in [2.45, 2.75) is 43.5 Å². The summed E-state index contributed by atoms with van der Waals surface area (Å²) >= 11 is 0. The minimum Gasteiger partial charge on any atom is -0.329 e. The summed E-state index contributed by atoms with van der Waals surface area (Å²) in [5.74, 6) is 0.236. The Morgan fingerprint density at radius 2 is 2.05 bits per heavy atom. The van der Waals surface area contributed by atoms with Gasteiger partial charge in [0.1, 0.15) is 0 Å². The van der Waals surface area contributed by atoms with Crippen molar-refractivity contribution in [1.82, 2.24) is 4.72 Å². The molecule has 7 nitrogen and oxygen atoms in total. The molecule has 22 heavy (non-hydrogen) atoms. The number of benzene rings is 1. The highest BCUT2D eigenvalue weighted by Gasteiger charge is 2.29. The maximum absolute atomic E-state index is 12.5. The van der Waals surface area contributed by atoms with Crippen LogP contribution in [0.5, 0.6) is 0 Å². The van der Waals surface area contributed by atoms with Gasteiger partial charge in [-0.15, -0.1) is 0 Å². The molecule has 2 rings (SSSR count).